The van der Waals surface area contributed by atoms with Gasteiger partial charge in [0.2, 0.25) is 5.95 Å². The van der Waals surface area contributed by atoms with E-state index in [4.69, 9.17) is 26.8 Å². The molecule has 12 heteroatoms. The number of nitrogen functional groups attached to an aromatic ring is 1. The standard InChI is InChI=1S/C18H21ClN6O5/c1-29-10-3-2-9(19)4-8(10)5-21-6-11-13(26)14(27)17(30-11)25-7-22-12-15(25)23-18(20)24-16(12)28/h2-4,7,11,13-14,17,21,26-27H,5-6H2,1H3,(H3,20,23,24,28)/t11-,13-,14-,17-/m1/s1. The molecule has 1 aliphatic heterocycles. The topological polar surface area (TPSA) is 161 Å². The lowest BCUT2D eigenvalue weighted by Gasteiger charge is -2.17. The number of aromatic amines is 1. The molecule has 0 spiro atoms. The molecular formula is C18H21ClN6O5. The highest BCUT2D eigenvalue weighted by Crippen LogP contribution is 2.31. The fourth-order valence-electron chi connectivity index (χ4n) is 3.49. The molecule has 0 radical (unpaired) electrons. The summed E-state index contributed by atoms with van der Waals surface area (Å²) >= 11 is 6.04. The van der Waals surface area contributed by atoms with E-state index in [-0.39, 0.29) is 23.7 Å². The van der Waals surface area contributed by atoms with Crippen molar-refractivity contribution in [2.75, 3.05) is 19.4 Å². The molecule has 1 aromatic carbocycles. The Morgan fingerprint density at radius 3 is 2.97 bits per heavy atom. The summed E-state index contributed by atoms with van der Waals surface area (Å²) in [6.45, 7) is 0.658. The maximum atomic E-state index is 12.0. The molecule has 11 nitrogen and oxygen atoms in total. The van der Waals surface area contributed by atoms with Crippen LogP contribution in [0.15, 0.2) is 29.3 Å². The summed E-state index contributed by atoms with van der Waals surface area (Å²) in [4.78, 5) is 22.4. The number of imidazole rings is 1. The summed E-state index contributed by atoms with van der Waals surface area (Å²) in [5.41, 5.74) is 6.16. The minimum absolute atomic E-state index is 0.0594. The van der Waals surface area contributed by atoms with Crippen LogP contribution in [-0.4, -0.2) is 61.7 Å². The van der Waals surface area contributed by atoms with Crippen molar-refractivity contribution in [3.8, 4) is 5.75 Å². The molecule has 30 heavy (non-hydrogen) atoms. The van der Waals surface area contributed by atoms with Gasteiger partial charge in [0.1, 0.15) is 24.1 Å². The minimum atomic E-state index is -1.25. The Hall–Kier alpha value is -2.70. The third kappa shape index (κ3) is 3.73. The Labute approximate surface area is 175 Å². The van der Waals surface area contributed by atoms with Gasteiger partial charge in [0.05, 0.1) is 13.4 Å². The summed E-state index contributed by atoms with van der Waals surface area (Å²) in [5.74, 6) is 0.590. The van der Waals surface area contributed by atoms with Gasteiger partial charge < -0.3 is 30.7 Å². The van der Waals surface area contributed by atoms with Gasteiger partial charge in [0.25, 0.3) is 5.56 Å². The smallest absolute Gasteiger partial charge is 0.280 e. The molecule has 2 aromatic heterocycles. The second-order valence-electron chi connectivity index (χ2n) is 6.91. The van der Waals surface area contributed by atoms with Crippen LogP contribution in [0.25, 0.3) is 11.2 Å². The molecule has 0 amide bonds. The molecule has 0 unspecified atom stereocenters. The number of aliphatic hydroxyl groups is 2. The maximum Gasteiger partial charge on any atom is 0.280 e. The van der Waals surface area contributed by atoms with Crippen LogP contribution < -0.4 is 21.3 Å². The monoisotopic (exact) mass is 436 g/mol. The van der Waals surface area contributed by atoms with E-state index in [1.165, 1.54) is 10.9 Å². The molecule has 160 valence electrons. The van der Waals surface area contributed by atoms with Crippen molar-refractivity contribution in [3.63, 3.8) is 0 Å². The number of nitrogens with one attached hydrogen (secondary N) is 2. The number of fused-ring (bicyclic) bond motifs is 1. The van der Waals surface area contributed by atoms with Gasteiger partial charge in [0, 0.05) is 23.7 Å². The van der Waals surface area contributed by atoms with E-state index >= 15 is 0 Å². The Bertz CT molecular complexity index is 1120. The van der Waals surface area contributed by atoms with E-state index < -0.39 is 30.1 Å². The van der Waals surface area contributed by atoms with Gasteiger partial charge in [-0.15, -0.1) is 0 Å². The highest BCUT2D eigenvalue weighted by molar-refractivity contribution is 6.30. The fraction of sp³-hybridized carbons (Fsp3) is 0.389. The molecule has 3 aromatic rings. The maximum absolute atomic E-state index is 12.0. The average Bonchev–Trinajstić information content (AvgIpc) is 3.24. The number of ether oxygens (including phenoxy) is 2. The zero-order valence-corrected chi connectivity index (χ0v) is 16.7. The van der Waals surface area contributed by atoms with E-state index in [9.17, 15) is 15.0 Å². The van der Waals surface area contributed by atoms with Crippen LogP contribution in [0.2, 0.25) is 5.02 Å². The number of methoxy groups -OCH3 is 1. The molecular weight excluding hydrogens is 416 g/mol. The minimum Gasteiger partial charge on any atom is -0.496 e. The lowest BCUT2D eigenvalue weighted by atomic mass is 10.1. The number of nitrogens with two attached hydrogens (primary N) is 1. The summed E-state index contributed by atoms with van der Waals surface area (Å²) < 4.78 is 12.5. The fourth-order valence-corrected chi connectivity index (χ4v) is 3.69. The number of H-pyrrole nitrogens is 1. The third-order valence-electron chi connectivity index (χ3n) is 4.97. The van der Waals surface area contributed by atoms with Crippen molar-refractivity contribution >= 4 is 28.7 Å². The first kappa shape index (κ1) is 20.6. The lowest BCUT2D eigenvalue weighted by molar-refractivity contribution is -0.0342. The van der Waals surface area contributed by atoms with Gasteiger partial charge in [-0.1, -0.05) is 11.6 Å². The molecule has 4 rings (SSSR count). The van der Waals surface area contributed by atoms with Crippen LogP contribution in [0.5, 0.6) is 5.75 Å². The number of benzene rings is 1. The highest BCUT2D eigenvalue weighted by Gasteiger charge is 2.44. The molecule has 4 atom stereocenters. The van der Waals surface area contributed by atoms with Crippen molar-refractivity contribution in [2.24, 2.45) is 0 Å². The summed E-state index contributed by atoms with van der Waals surface area (Å²) in [5, 5.41) is 24.7. The van der Waals surface area contributed by atoms with Crippen LogP contribution in [0, 0.1) is 0 Å². The molecule has 1 saturated heterocycles. The second-order valence-corrected chi connectivity index (χ2v) is 7.35. The summed E-state index contributed by atoms with van der Waals surface area (Å²) in [7, 11) is 1.57. The van der Waals surface area contributed by atoms with Gasteiger partial charge in [0.15, 0.2) is 17.4 Å². The van der Waals surface area contributed by atoms with E-state index in [0.29, 0.717) is 17.3 Å². The van der Waals surface area contributed by atoms with Crippen molar-refractivity contribution in [1.29, 1.82) is 0 Å². The van der Waals surface area contributed by atoms with E-state index in [1.54, 1.807) is 25.3 Å². The number of nitrogens with zero attached hydrogens (tertiary/aromatic N) is 3. The Balaban J connectivity index is 1.48. The van der Waals surface area contributed by atoms with Crippen LogP contribution in [0.4, 0.5) is 5.95 Å². The number of hydrogen-bond donors (Lipinski definition) is 5. The van der Waals surface area contributed by atoms with Crippen LogP contribution in [0.3, 0.4) is 0 Å². The normalized spacial score (nSPS) is 23.9. The number of hydrogen-bond acceptors (Lipinski definition) is 9. The second kappa shape index (κ2) is 8.20. The van der Waals surface area contributed by atoms with Gasteiger partial charge in [-0.2, -0.15) is 4.98 Å². The number of halogens is 1. The van der Waals surface area contributed by atoms with E-state index in [1.807, 2.05) is 0 Å². The number of aliphatic hydroxyl groups excluding tert-OH is 2. The quantitative estimate of drug-likeness (QED) is 0.351. The Morgan fingerprint density at radius 2 is 2.20 bits per heavy atom. The Kier molecular flexibility index (Phi) is 5.62. The van der Waals surface area contributed by atoms with Gasteiger partial charge >= 0.3 is 0 Å². The first-order chi connectivity index (χ1) is 14.4. The van der Waals surface area contributed by atoms with Crippen molar-refractivity contribution in [2.45, 2.75) is 31.1 Å². The van der Waals surface area contributed by atoms with Crippen LogP contribution in [0.1, 0.15) is 11.8 Å². The molecule has 6 N–H and O–H groups in total. The molecule has 1 aliphatic rings. The largest absolute Gasteiger partial charge is 0.496 e. The van der Waals surface area contributed by atoms with Crippen molar-refractivity contribution in [1.82, 2.24) is 24.8 Å². The molecule has 3 heterocycles. The Morgan fingerprint density at radius 1 is 1.40 bits per heavy atom. The van der Waals surface area contributed by atoms with E-state index in [0.717, 1.165) is 5.56 Å². The average molecular weight is 437 g/mol. The SMILES string of the molecule is COc1ccc(Cl)cc1CNC[C@H]1O[C@@H](n2cnc3c(=O)[nH]c(N)nc32)[C@H](O)[C@@H]1O. The molecule has 0 aliphatic carbocycles. The number of aromatic nitrogens is 4. The predicted octanol–water partition coefficient (Wildman–Crippen LogP) is -0.227. The lowest BCUT2D eigenvalue weighted by Crippen LogP contribution is -2.37. The molecule has 0 bridgehead atoms. The summed E-state index contributed by atoms with van der Waals surface area (Å²) in [6.07, 6.45) is -2.80. The number of rotatable bonds is 6. The summed E-state index contributed by atoms with van der Waals surface area (Å²) in [6, 6.07) is 5.28. The van der Waals surface area contributed by atoms with Crippen molar-refractivity contribution < 1.29 is 19.7 Å². The van der Waals surface area contributed by atoms with Crippen molar-refractivity contribution in [3.05, 3.63) is 45.5 Å². The van der Waals surface area contributed by atoms with E-state index in [2.05, 4.69) is 20.3 Å². The van der Waals surface area contributed by atoms with Gasteiger partial charge in [-0.05, 0) is 18.2 Å². The predicted molar refractivity (Wildman–Crippen MR) is 108 cm³/mol. The molecule has 1 fully saturated rings. The zero-order chi connectivity index (χ0) is 21.4. The van der Waals surface area contributed by atoms with Gasteiger partial charge in [-0.25, -0.2) is 4.98 Å². The molecule has 0 saturated carbocycles. The zero-order valence-electron chi connectivity index (χ0n) is 15.9. The first-order valence-electron chi connectivity index (χ1n) is 9.16. The third-order valence-corrected chi connectivity index (χ3v) is 5.20. The van der Waals surface area contributed by atoms with Crippen LogP contribution in [-0.2, 0) is 11.3 Å². The first-order valence-corrected chi connectivity index (χ1v) is 9.54. The number of anilines is 1. The van der Waals surface area contributed by atoms with Crippen LogP contribution >= 0.6 is 11.6 Å². The van der Waals surface area contributed by atoms with Gasteiger partial charge in [-0.3, -0.25) is 14.3 Å². The highest BCUT2D eigenvalue weighted by atomic mass is 35.5.